The molecule has 0 bridgehead atoms. The highest BCUT2D eigenvalue weighted by Gasteiger charge is 2.17. The molecule has 1 aliphatic rings. The van der Waals surface area contributed by atoms with Gasteiger partial charge in [0.1, 0.15) is 5.82 Å². The Kier molecular flexibility index (Phi) is 3.54. The number of hydrogen-bond donors (Lipinski definition) is 1. The van der Waals surface area contributed by atoms with Gasteiger partial charge in [0, 0.05) is 31.9 Å². The third-order valence-corrected chi connectivity index (χ3v) is 3.82. The van der Waals surface area contributed by atoms with Crippen molar-refractivity contribution in [2.75, 3.05) is 23.8 Å². The van der Waals surface area contributed by atoms with Crippen LogP contribution in [-0.4, -0.2) is 23.6 Å². The predicted molar refractivity (Wildman–Crippen MR) is 82.1 cm³/mol. The Hall–Kier alpha value is -2.10. The van der Waals surface area contributed by atoms with Crippen LogP contribution in [0.4, 0.5) is 11.8 Å². The average molecular weight is 268 g/mol. The van der Waals surface area contributed by atoms with Gasteiger partial charge in [-0.15, -0.1) is 0 Å². The van der Waals surface area contributed by atoms with Crippen molar-refractivity contribution in [1.29, 1.82) is 0 Å². The zero-order valence-corrected chi connectivity index (χ0v) is 12.1. The van der Waals surface area contributed by atoms with Gasteiger partial charge in [-0.05, 0) is 30.9 Å². The van der Waals surface area contributed by atoms with Gasteiger partial charge in [0.25, 0.3) is 0 Å². The van der Waals surface area contributed by atoms with Crippen molar-refractivity contribution in [1.82, 2.24) is 9.97 Å². The Labute approximate surface area is 119 Å². The maximum absolute atomic E-state index is 4.63. The lowest BCUT2D eigenvalue weighted by Gasteiger charge is -2.24. The van der Waals surface area contributed by atoms with Gasteiger partial charge in [0.15, 0.2) is 0 Å². The van der Waals surface area contributed by atoms with Crippen LogP contribution < -0.4 is 10.2 Å². The SMILES string of the molecule is CNc1ncc(C)c(N2CCCc3ccccc3C2)n1. The van der Waals surface area contributed by atoms with Crippen molar-refractivity contribution in [3.05, 3.63) is 47.2 Å². The number of rotatable bonds is 2. The van der Waals surface area contributed by atoms with Crippen LogP contribution in [0.15, 0.2) is 30.5 Å². The van der Waals surface area contributed by atoms with Crippen molar-refractivity contribution in [2.45, 2.75) is 26.3 Å². The highest BCUT2D eigenvalue weighted by molar-refractivity contribution is 5.50. The minimum Gasteiger partial charge on any atom is -0.357 e. The molecule has 0 spiro atoms. The van der Waals surface area contributed by atoms with Crippen molar-refractivity contribution >= 4 is 11.8 Å². The number of fused-ring (bicyclic) bond motifs is 1. The number of nitrogens with zero attached hydrogens (tertiary/aromatic N) is 3. The Bertz CT molecular complexity index is 609. The van der Waals surface area contributed by atoms with Crippen LogP contribution in [0.1, 0.15) is 23.1 Å². The van der Waals surface area contributed by atoms with Crippen molar-refractivity contribution < 1.29 is 0 Å². The summed E-state index contributed by atoms with van der Waals surface area (Å²) in [6, 6.07) is 8.71. The van der Waals surface area contributed by atoms with Crippen LogP contribution in [0.5, 0.6) is 0 Å². The fourth-order valence-corrected chi connectivity index (χ4v) is 2.76. The molecule has 1 aromatic carbocycles. The molecule has 104 valence electrons. The van der Waals surface area contributed by atoms with Gasteiger partial charge in [-0.2, -0.15) is 4.98 Å². The lowest BCUT2D eigenvalue weighted by atomic mass is 10.0. The molecule has 2 aromatic rings. The lowest BCUT2D eigenvalue weighted by molar-refractivity contribution is 0.750. The molecule has 0 fully saturated rings. The van der Waals surface area contributed by atoms with Crippen LogP contribution in [0.25, 0.3) is 0 Å². The molecule has 0 radical (unpaired) electrons. The molecule has 0 saturated heterocycles. The number of anilines is 2. The zero-order valence-electron chi connectivity index (χ0n) is 12.1. The molecule has 3 rings (SSSR count). The first-order chi connectivity index (χ1) is 9.78. The van der Waals surface area contributed by atoms with E-state index in [2.05, 4.69) is 51.4 Å². The molecule has 2 heterocycles. The summed E-state index contributed by atoms with van der Waals surface area (Å²) in [5, 5.41) is 3.02. The first-order valence-electron chi connectivity index (χ1n) is 7.11. The number of aryl methyl sites for hydroxylation is 2. The van der Waals surface area contributed by atoms with E-state index in [-0.39, 0.29) is 0 Å². The fraction of sp³-hybridized carbons (Fsp3) is 0.375. The molecule has 0 unspecified atom stereocenters. The number of benzene rings is 1. The summed E-state index contributed by atoms with van der Waals surface area (Å²) < 4.78 is 0. The van der Waals surface area contributed by atoms with E-state index in [9.17, 15) is 0 Å². The maximum Gasteiger partial charge on any atom is 0.224 e. The van der Waals surface area contributed by atoms with Crippen LogP contribution in [-0.2, 0) is 13.0 Å². The maximum atomic E-state index is 4.63. The molecule has 1 aliphatic heterocycles. The second kappa shape index (κ2) is 5.49. The predicted octanol–water partition coefficient (Wildman–Crippen LogP) is 2.78. The van der Waals surface area contributed by atoms with E-state index < -0.39 is 0 Å². The molecule has 0 atom stereocenters. The Morgan fingerprint density at radius 3 is 2.80 bits per heavy atom. The first kappa shape index (κ1) is 12.9. The molecule has 0 saturated carbocycles. The molecular weight excluding hydrogens is 248 g/mol. The number of hydrogen-bond acceptors (Lipinski definition) is 4. The summed E-state index contributed by atoms with van der Waals surface area (Å²) in [7, 11) is 1.85. The Morgan fingerprint density at radius 2 is 2.00 bits per heavy atom. The molecule has 1 N–H and O–H groups in total. The van der Waals surface area contributed by atoms with Crippen molar-refractivity contribution in [3.8, 4) is 0 Å². The van der Waals surface area contributed by atoms with E-state index in [0.717, 1.165) is 37.3 Å². The molecule has 20 heavy (non-hydrogen) atoms. The molecule has 4 nitrogen and oxygen atoms in total. The molecule has 0 amide bonds. The van der Waals surface area contributed by atoms with E-state index in [1.165, 1.54) is 11.1 Å². The van der Waals surface area contributed by atoms with E-state index in [0.29, 0.717) is 5.95 Å². The number of aromatic nitrogens is 2. The van der Waals surface area contributed by atoms with Gasteiger partial charge in [-0.1, -0.05) is 24.3 Å². The summed E-state index contributed by atoms with van der Waals surface area (Å²) >= 11 is 0. The second-order valence-electron chi connectivity index (χ2n) is 5.24. The minimum absolute atomic E-state index is 0.683. The largest absolute Gasteiger partial charge is 0.357 e. The fourth-order valence-electron chi connectivity index (χ4n) is 2.76. The van der Waals surface area contributed by atoms with Gasteiger partial charge in [0.2, 0.25) is 5.95 Å². The van der Waals surface area contributed by atoms with Gasteiger partial charge in [0.05, 0.1) is 0 Å². The summed E-state index contributed by atoms with van der Waals surface area (Å²) in [6.07, 6.45) is 4.20. The molecular formula is C16H20N4. The van der Waals surface area contributed by atoms with Gasteiger partial charge < -0.3 is 10.2 Å². The zero-order chi connectivity index (χ0) is 13.9. The highest BCUT2D eigenvalue weighted by atomic mass is 15.2. The van der Waals surface area contributed by atoms with E-state index in [4.69, 9.17) is 0 Å². The van der Waals surface area contributed by atoms with Crippen LogP contribution in [0, 0.1) is 6.92 Å². The smallest absolute Gasteiger partial charge is 0.224 e. The Balaban J connectivity index is 1.95. The third-order valence-electron chi connectivity index (χ3n) is 3.82. The summed E-state index contributed by atoms with van der Waals surface area (Å²) in [5.41, 5.74) is 4.01. The van der Waals surface area contributed by atoms with E-state index in [1.54, 1.807) is 0 Å². The molecule has 4 heteroatoms. The topological polar surface area (TPSA) is 41.1 Å². The van der Waals surface area contributed by atoms with Crippen molar-refractivity contribution in [2.24, 2.45) is 0 Å². The Morgan fingerprint density at radius 1 is 1.20 bits per heavy atom. The standard InChI is InChI=1S/C16H20N4/c1-12-10-18-16(17-2)19-15(12)20-9-5-8-13-6-3-4-7-14(13)11-20/h3-4,6-7,10H,5,8-9,11H2,1-2H3,(H,17,18,19). The van der Waals surface area contributed by atoms with Crippen LogP contribution >= 0.6 is 0 Å². The quantitative estimate of drug-likeness (QED) is 0.909. The molecule has 0 aliphatic carbocycles. The number of nitrogens with one attached hydrogen (secondary N) is 1. The van der Waals surface area contributed by atoms with Crippen molar-refractivity contribution in [3.63, 3.8) is 0 Å². The minimum atomic E-state index is 0.683. The van der Waals surface area contributed by atoms with Gasteiger partial charge >= 0.3 is 0 Å². The second-order valence-corrected chi connectivity index (χ2v) is 5.24. The van der Waals surface area contributed by atoms with Gasteiger partial charge in [-0.3, -0.25) is 0 Å². The summed E-state index contributed by atoms with van der Waals surface area (Å²) in [4.78, 5) is 11.3. The van der Waals surface area contributed by atoms with E-state index in [1.807, 2.05) is 13.2 Å². The van der Waals surface area contributed by atoms with E-state index >= 15 is 0 Å². The summed E-state index contributed by atoms with van der Waals surface area (Å²) in [6.45, 7) is 4.04. The van der Waals surface area contributed by atoms with Gasteiger partial charge in [-0.25, -0.2) is 4.98 Å². The highest BCUT2D eigenvalue weighted by Crippen LogP contribution is 2.25. The monoisotopic (exact) mass is 268 g/mol. The normalized spacial score (nSPS) is 14.6. The van der Waals surface area contributed by atoms with Crippen LogP contribution in [0.3, 0.4) is 0 Å². The molecule has 1 aromatic heterocycles. The summed E-state index contributed by atoms with van der Waals surface area (Å²) in [5.74, 6) is 1.73. The third kappa shape index (κ3) is 2.46. The van der Waals surface area contributed by atoms with Crippen LogP contribution in [0.2, 0.25) is 0 Å². The first-order valence-corrected chi connectivity index (χ1v) is 7.11. The lowest BCUT2D eigenvalue weighted by Crippen LogP contribution is -2.25. The average Bonchev–Trinajstić information content (AvgIpc) is 2.70.